The van der Waals surface area contributed by atoms with Crippen molar-refractivity contribution in [1.82, 2.24) is 15.0 Å². The highest BCUT2D eigenvalue weighted by molar-refractivity contribution is 5.98. The van der Waals surface area contributed by atoms with Gasteiger partial charge in [0.25, 0.3) is 0 Å². The SMILES string of the molecule is O=C([C@H]1[C@@H](c2ccccc2)N2CCC(=O)N2[C@@H]1c1ccc(F)cc1)N1CCc2cccnc21. The molecule has 0 N–H and O–H groups in total. The van der Waals surface area contributed by atoms with E-state index in [9.17, 15) is 14.0 Å². The Labute approximate surface area is 191 Å². The second-order valence-electron chi connectivity index (χ2n) is 8.76. The summed E-state index contributed by atoms with van der Waals surface area (Å²) in [6.07, 6.45) is 2.86. The summed E-state index contributed by atoms with van der Waals surface area (Å²) in [6, 6.07) is 19.1. The highest BCUT2D eigenvalue weighted by Gasteiger charge is 2.57. The Morgan fingerprint density at radius 2 is 1.64 bits per heavy atom. The lowest BCUT2D eigenvalue weighted by Gasteiger charge is -2.29. The first-order chi connectivity index (χ1) is 16.1. The van der Waals surface area contributed by atoms with E-state index in [1.807, 2.05) is 47.5 Å². The lowest BCUT2D eigenvalue weighted by atomic mass is 9.84. The number of rotatable bonds is 3. The first-order valence-electron chi connectivity index (χ1n) is 11.3. The first-order valence-corrected chi connectivity index (χ1v) is 11.3. The van der Waals surface area contributed by atoms with Gasteiger partial charge < -0.3 is 0 Å². The van der Waals surface area contributed by atoms with E-state index in [-0.39, 0.29) is 23.7 Å². The third-order valence-electron chi connectivity index (χ3n) is 6.98. The molecule has 2 fully saturated rings. The van der Waals surface area contributed by atoms with Crippen molar-refractivity contribution in [3.05, 3.63) is 95.4 Å². The molecule has 0 radical (unpaired) electrons. The Hall–Kier alpha value is -3.58. The van der Waals surface area contributed by atoms with E-state index in [1.165, 1.54) is 12.1 Å². The van der Waals surface area contributed by atoms with Crippen LogP contribution in [0, 0.1) is 11.7 Å². The number of anilines is 1. The summed E-state index contributed by atoms with van der Waals surface area (Å²) in [6.45, 7) is 1.11. The third-order valence-corrected chi connectivity index (χ3v) is 6.98. The van der Waals surface area contributed by atoms with Gasteiger partial charge in [-0.05, 0) is 41.3 Å². The minimum atomic E-state index is -0.546. The fraction of sp³-hybridized carbons (Fsp3) is 0.269. The summed E-state index contributed by atoms with van der Waals surface area (Å²) in [5, 5.41) is 3.77. The highest BCUT2D eigenvalue weighted by atomic mass is 19.1. The molecule has 1 aromatic heterocycles. The minimum Gasteiger partial charge on any atom is -0.296 e. The number of carbonyl (C=O) groups is 2. The summed E-state index contributed by atoms with van der Waals surface area (Å²) in [5.74, 6) is -0.268. The molecule has 33 heavy (non-hydrogen) atoms. The Balaban J connectivity index is 1.50. The number of fused-ring (bicyclic) bond motifs is 2. The fourth-order valence-corrected chi connectivity index (χ4v) is 5.58. The van der Waals surface area contributed by atoms with Crippen molar-refractivity contribution < 1.29 is 14.0 Å². The molecule has 0 spiro atoms. The number of aromatic nitrogens is 1. The van der Waals surface area contributed by atoms with E-state index >= 15 is 0 Å². The normalized spacial score (nSPS) is 24.3. The van der Waals surface area contributed by atoms with Gasteiger partial charge in [-0.3, -0.25) is 19.5 Å². The van der Waals surface area contributed by atoms with Crippen molar-refractivity contribution in [2.24, 2.45) is 5.92 Å². The minimum absolute atomic E-state index is 0.0134. The fourth-order valence-electron chi connectivity index (χ4n) is 5.58. The van der Waals surface area contributed by atoms with Crippen LogP contribution in [0.3, 0.4) is 0 Å². The number of benzene rings is 2. The van der Waals surface area contributed by atoms with Gasteiger partial charge in [0.15, 0.2) is 0 Å². The van der Waals surface area contributed by atoms with E-state index in [0.717, 1.165) is 23.1 Å². The molecule has 3 aromatic rings. The Morgan fingerprint density at radius 1 is 0.879 bits per heavy atom. The lowest BCUT2D eigenvalue weighted by molar-refractivity contribution is -0.139. The highest BCUT2D eigenvalue weighted by Crippen LogP contribution is 2.52. The quantitative estimate of drug-likeness (QED) is 0.621. The molecule has 0 bridgehead atoms. The van der Waals surface area contributed by atoms with E-state index in [1.54, 1.807) is 28.2 Å². The molecule has 6 nitrogen and oxygen atoms in total. The largest absolute Gasteiger partial charge is 0.296 e. The second-order valence-corrected chi connectivity index (χ2v) is 8.76. The summed E-state index contributed by atoms with van der Waals surface area (Å²) in [4.78, 5) is 33.5. The van der Waals surface area contributed by atoms with Gasteiger partial charge in [0.05, 0.1) is 18.0 Å². The average molecular weight is 442 g/mol. The Kier molecular flexibility index (Phi) is 4.73. The molecule has 4 heterocycles. The molecule has 0 saturated carbocycles. The lowest BCUT2D eigenvalue weighted by Crippen LogP contribution is -2.40. The zero-order valence-electron chi connectivity index (χ0n) is 18.0. The van der Waals surface area contributed by atoms with Gasteiger partial charge in [-0.2, -0.15) is 0 Å². The number of nitrogens with zero attached hydrogens (tertiary/aromatic N) is 4. The summed E-state index contributed by atoms with van der Waals surface area (Å²) >= 11 is 0. The van der Waals surface area contributed by atoms with Crippen molar-refractivity contribution in [2.45, 2.75) is 24.9 Å². The van der Waals surface area contributed by atoms with E-state index < -0.39 is 12.0 Å². The van der Waals surface area contributed by atoms with Crippen LogP contribution in [-0.2, 0) is 16.0 Å². The summed E-state index contributed by atoms with van der Waals surface area (Å²) < 4.78 is 13.8. The van der Waals surface area contributed by atoms with Gasteiger partial charge in [0.1, 0.15) is 11.6 Å². The predicted octanol–water partition coefficient (Wildman–Crippen LogP) is 3.67. The molecule has 0 aliphatic carbocycles. The van der Waals surface area contributed by atoms with Gasteiger partial charge in [-0.25, -0.2) is 14.4 Å². The topological polar surface area (TPSA) is 56.8 Å². The molecule has 2 amide bonds. The van der Waals surface area contributed by atoms with Crippen LogP contribution in [0.15, 0.2) is 72.9 Å². The molecule has 3 aliphatic rings. The number of hydrazine groups is 1. The van der Waals surface area contributed by atoms with Gasteiger partial charge in [0, 0.05) is 25.7 Å². The maximum Gasteiger partial charge on any atom is 0.238 e. The van der Waals surface area contributed by atoms with E-state index in [2.05, 4.69) is 4.98 Å². The van der Waals surface area contributed by atoms with Crippen LogP contribution in [0.4, 0.5) is 10.2 Å². The maximum absolute atomic E-state index is 14.2. The van der Waals surface area contributed by atoms with E-state index in [4.69, 9.17) is 0 Å². The van der Waals surface area contributed by atoms with Crippen molar-refractivity contribution >= 4 is 17.6 Å². The van der Waals surface area contributed by atoms with Crippen LogP contribution in [0.5, 0.6) is 0 Å². The number of amides is 2. The molecule has 0 unspecified atom stereocenters. The molecule has 7 heteroatoms. The number of hydrogen-bond donors (Lipinski definition) is 0. The van der Waals surface area contributed by atoms with Crippen molar-refractivity contribution in [1.29, 1.82) is 0 Å². The van der Waals surface area contributed by atoms with Crippen LogP contribution in [0.25, 0.3) is 0 Å². The number of halogens is 1. The monoisotopic (exact) mass is 442 g/mol. The molecule has 3 atom stereocenters. The number of pyridine rings is 1. The predicted molar refractivity (Wildman–Crippen MR) is 120 cm³/mol. The van der Waals surface area contributed by atoms with Crippen LogP contribution < -0.4 is 4.90 Å². The van der Waals surface area contributed by atoms with Gasteiger partial charge in [-0.15, -0.1) is 0 Å². The van der Waals surface area contributed by atoms with Crippen molar-refractivity contribution in [2.75, 3.05) is 18.0 Å². The summed E-state index contributed by atoms with van der Waals surface area (Å²) in [7, 11) is 0. The standard InChI is InChI=1S/C26H23FN4O2/c27-20-10-8-18(9-11-20)24-22(26(33)29-15-12-19-7-4-14-28-25(19)29)23(17-5-2-1-3-6-17)30-16-13-21(32)31(24)30/h1-11,14,22-24H,12-13,15-16H2/t22-,23+,24+/m0/s1. The summed E-state index contributed by atoms with van der Waals surface area (Å²) in [5.41, 5.74) is 2.80. The Bertz CT molecular complexity index is 1220. The zero-order chi connectivity index (χ0) is 22.5. The molecular weight excluding hydrogens is 419 g/mol. The van der Waals surface area contributed by atoms with Crippen LogP contribution in [0.2, 0.25) is 0 Å². The van der Waals surface area contributed by atoms with Crippen molar-refractivity contribution in [3.63, 3.8) is 0 Å². The van der Waals surface area contributed by atoms with Crippen LogP contribution in [-0.4, -0.2) is 39.9 Å². The average Bonchev–Trinajstić information content (AvgIpc) is 3.53. The maximum atomic E-state index is 14.2. The molecule has 3 aliphatic heterocycles. The van der Waals surface area contributed by atoms with Crippen LogP contribution >= 0.6 is 0 Å². The molecule has 2 saturated heterocycles. The second kappa shape index (κ2) is 7.78. The molecule has 2 aromatic carbocycles. The van der Waals surface area contributed by atoms with Crippen molar-refractivity contribution in [3.8, 4) is 0 Å². The third kappa shape index (κ3) is 3.15. The van der Waals surface area contributed by atoms with Crippen LogP contribution in [0.1, 0.15) is 35.2 Å². The smallest absolute Gasteiger partial charge is 0.238 e. The Morgan fingerprint density at radius 3 is 2.42 bits per heavy atom. The molecule has 166 valence electrons. The zero-order valence-corrected chi connectivity index (χ0v) is 18.0. The number of carbonyl (C=O) groups excluding carboxylic acids is 2. The number of hydrogen-bond acceptors (Lipinski definition) is 4. The first kappa shape index (κ1) is 20.1. The van der Waals surface area contributed by atoms with Gasteiger partial charge in [-0.1, -0.05) is 48.5 Å². The molecular formula is C26H23FN4O2. The van der Waals surface area contributed by atoms with E-state index in [0.29, 0.717) is 25.3 Å². The van der Waals surface area contributed by atoms with Gasteiger partial charge in [0.2, 0.25) is 11.8 Å². The van der Waals surface area contributed by atoms with Gasteiger partial charge >= 0.3 is 0 Å². The molecule has 6 rings (SSSR count).